The van der Waals surface area contributed by atoms with Crippen LogP contribution in [0.3, 0.4) is 0 Å². The van der Waals surface area contributed by atoms with E-state index in [4.69, 9.17) is 0 Å². The van der Waals surface area contributed by atoms with Crippen LogP contribution in [0, 0.1) is 5.82 Å². The second-order valence-electron chi connectivity index (χ2n) is 3.59. The lowest BCUT2D eigenvalue weighted by Gasteiger charge is -2.02. The van der Waals surface area contributed by atoms with Crippen molar-refractivity contribution in [3.05, 3.63) is 46.7 Å². The lowest BCUT2D eigenvalue weighted by atomic mass is 10.1. The molecule has 0 bridgehead atoms. The van der Waals surface area contributed by atoms with Gasteiger partial charge in [-0.3, -0.25) is 0 Å². The summed E-state index contributed by atoms with van der Waals surface area (Å²) in [6, 6.07) is 10.4. The molecule has 3 rings (SSSR count). The zero-order chi connectivity index (χ0) is 11.8. The summed E-state index contributed by atoms with van der Waals surface area (Å²) in [5, 5.41) is 4.03. The normalized spacial score (nSPS) is 10.9. The smallest absolute Gasteiger partial charge is 0.123 e. The fourth-order valence-corrected chi connectivity index (χ4v) is 2.90. The van der Waals surface area contributed by atoms with Crippen LogP contribution in [0.1, 0.15) is 0 Å². The fraction of sp³-hybridized carbons (Fsp3) is 0. The van der Waals surface area contributed by atoms with E-state index in [-0.39, 0.29) is 5.82 Å². The van der Waals surface area contributed by atoms with Crippen molar-refractivity contribution >= 4 is 37.7 Å². The number of aromatic nitrogens is 2. The molecule has 0 amide bonds. The van der Waals surface area contributed by atoms with Gasteiger partial charge in [-0.05, 0) is 62.9 Å². The number of nitrogens with zero attached hydrogens (tertiary/aromatic N) is 2. The number of hydrogen-bond acceptors (Lipinski definition) is 3. The molecule has 5 heteroatoms. The molecule has 0 unspecified atom stereocenters. The number of hydrogen-bond donors (Lipinski definition) is 0. The molecule has 0 aliphatic heterocycles. The Balaban J connectivity index is 2.23. The van der Waals surface area contributed by atoms with Crippen molar-refractivity contribution in [3.8, 4) is 11.1 Å². The highest BCUT2D eigenvalue weighted by molar-refractivity contribution is 9.10. The van der Waals surface area contributed by atoms with Crippen molar-refractivity contribution in [1.29, 1.82) is 0 Å². The first-order valence-electron chi connectivity index (χ1n) is 4.91. The Hall–Kier alpha value is -1.33. The molecule has 1 aromatic heterocycles. The van der Waals surface area contributed by atoms with E-state index in [1.807, 2.05) is 18.2 Å². The van der Waals surface area contributed by atoms with Crippen LogP contribution in [0.5, 0.6) is 0 Å². The second-order valence-corrected chi connectivity index (χ2v) is 5.20. The standard InChI is InChI=1S/C12H6BrFN2S/c13-10-5-8(6-11-12(10)17-16-15-11)7-2-1-3-9(14)4-7/h1-6H. The lowest BCUT2D eigenvalue weighted by molar-refractivity contribution is 0.628. The van der Waals surface area contributed by atoms with Crippen LogP contribution in [0.2, 0.25) is 0 Å². The Kier molecular flexibility index (Phi) is 2.64. The van der Waals surface area contributed by atoms with Gasteiger partial charge in [0.1, 0.15) is 11.3 Å². The highest BCUT2D eigenvalue weighted by atomic mass is 79.9. The largest absolute Gasteiger partial charge is 0.207 e. The van der Waals surface area contributed by atoms with Gasteiger partial charge in [-0.25, -0.2) is 4.39 Å². The zero-order valence-electron chi connectivity index (χ0n) is 8.52. The molecule has 0 aliphatic carbocycles. The molecule has 0 saturated carbocycles. The van der Waals surface area contributed by atoms with Gasteiger partial charge in [0, 0.05) is 4.47 Å². The first kappa shape index (κ1) is 10.8. The summed E-state index contributed by atoms with van der Waals surface area (Å²) < 4.78 is 19.0. The molecule has 0 atom stereocenters. The van der Waals surface area contributed by atoms with Crippen molar-refractivity contribution in [3.63, 3.8) is 0 Å². The Morgan fingerprint density at radius 2 is 2.00 bits per heavy atom. The molecule has 0 saturated heterocycles. The summed E-state index contributed by atoms with van der Waals surface area (Å²) in [5.41, 5.74) is 2.58. The van der Waals surface area contributed by atoms with Gasteiger partial charge in [0.2, 0.25) is 0 Å². The maximum atomic E-state index is 13.2. The molecule has 0 fully saturated rings. The summed E-state index contributed by atoms with van der Waals surface area (Å²) in [6.07, 6.45) is 0. The average molecular weight is 309 g/mol. The Labute approximate surface area is 109 Å². The van der Waals surface area contributed by atoms with Crippen LogP contribution >= 0.6 is 27.5 Å². The van der Waals surface area contributed by atoms with Gasteiger partial charge in [0.05, 0.1) is 4.70 Å². The number of rotatable bonds is 1. The zero-order valence-corrected chi connectivity index (χ0v) is 10.9. The van der Waals surface area contributed by atoms with E-state index < -0.39 is 0 Å². The van der Waals surface area contributed by atoms with Crippen molar-refractivity contribution in [2.45, 2.75) is 0 Å². The second kappa shape index (κ2) is 4.16. The number of benzene rings is 2. The molecule has 84 valence electrons. The third-order valence-electron chi connectivity index (χ3n) is 2.46. The van der Waals surface area contributed by atoms with Crippen LogP contribution < -0.4 is 0 Å². The maximum Gasteiger partial charge on any atom is 0.123 e. The predicted molar refractivity (Wildman–Crippen MR) is 70.5 cm³/mol. The molecule has 2 nitrogen and oxygen atoms in total. The molecule has 2 aromatic carbocycles. The van der Waals surface area contributed by atoms with Crippen LogP contribution in [-0.2, 0) is 0 Å². The SMILES string of the molecule is Fc1cccc(-c2cc(Br)c3snnc3c2)c1. The first-order chi connectivity index (χ1) is 8.24. The summed E-state index contributed by atoms with van der Waals surface area (Å²) in [7, 11) is 0. The van der Waals surface area contributed by atoms with Gasteiger partial charge in [-0.15, -0.1) is 5.10 Å². The average Bonchev–Trinajstić information content (AvgIpc) is 2.77. The monoisotopic (exact) mass is 308 g/mol. The lowest BCUT2D eigenvalue weighted by Crippen LogP contribution is -1.81. The summed E-state index contributed by atoms with van der Waals surface area (Å²) in [6.45, 7) is 0. The molecule has 0 aliphatic rings. The van der Waals surface area contributed by atoms with E-state index in [9.17, 15) is 4.39 Å². The molecule has 0 spiro atoms. The summed E-state index contributed by atoms with van der Waals surface area (Å²) in [4.78, 5) is 0. The molecule has 17 heavy (non-hydrogen) atoms. The quantitative estimate of drug-likeness (QED) is 0.671. The van der Waals surface area contributed by atoms with E-state index in [2.05, 4.69) is 25.5 Å². The Bertz CT molecular complexity index is 696. The topological polar surface area (TPSA) is 25.8 Å². The highest BCUT2D eigenvalue weighted by Crippen LogP contribution is 2.31. The number of fused-ring (bicyclic) bond motifs is 1. The molecule has 3 aromatic rings. The molecule has 0 radical (unpaired) electrons. The van der Waals surface area contributed by atoms with Gasteiger partial charge in [0.15, 0.2) is 0 Å². The Morgan fingerprint density at radius 3 is 2.82 bits per heavy atom. The van der Waals surface area contributed by atoms with Gasteiger partial charge in [-0.2, -0.15) is 0 Å². The minimum absolute atomic E-state index is 0.241. The van der Waals surface area contributed by atoms with Crippen molar-refractivity contribution < 1.29 is 4.39 Å². The summed E-state index contributed by atoms with van der Waals surface area (Å²) >= 11 is 4.82. The predicted octanol–water partition coefficient (Wildman–Crippen LogP) is 4.26. The number of halogens is 2. The van der Waals surface area contributed by atoms with E-state index >= 15 is 0 Å². The van der Waals surface area contributed by atoms with Crippen LogP contribution in [0.15, 0.2) is 40.9 Å². The maximum absolute atomic E-state index is 13.2. The van der Waals surface area contributed by atoms with Crippen LogP contribution in [0.25, 0.3) is 21.3 Å². The van der Waals surface area contributed by atoms with Crippen molar-refractivity contribution in [1.82, 2.24) is 9.59 Å². The highest BCUT2D eigenvalue weighted by Gasteiger charge is 2.07. The Morgan fingerprint density at radius 1 is 1.12 bits per heavy atom. The van der Waals surface area contributed by atoms with Crippen LogP contribution in [0.4, 0.5) is 4.39 Å². The van der Waals surface area contributed by atoms with Gasteiger partial charge in [0.25, 0.3) is 0 Å². The van der Waals surface area contributed by atoms with E-state index in [0.29, 0.717) is 0 Å². The molecule has 1 heterocycles. The molecule has 0 N–H and O–H groups in total. The minimum Gasteiger partial charge on any atom is -0.207 e. The third-order valence-corrected chi connectivity index (χ3v) is 4.13. The van der Waals surface area contributed by atoms with E-state index in [1.165, 1.54) is 23.7 Å². The fourth-order valence-electron chi connectivity index (χ4n) is 1.68. The van der Waals surface area contributed by atoms with Gasteiger partial charge < -0.3 is 0 Å². The summed E-state index contributed by atoms with van der Waals surface area (Å²) in [5.74, 6) is -0.241. The van der Waals surface area contributed by atoms with Crippen LogP contribution in [-0.4, -0.2) is 9.59 Å². The van der Waals surface area contributed by atoms with Crippen molar-refractivity contribution in [2.75, 3.05) is 0 Å². The van der Waals surface area contributed by atoms with Gasteiger partial charge in [-0.1, -0.05) is 16.6 Å². The van der Waals surface area contributed by atoms with E-state index in [0.717, 1.165) is 25.8 Å². The van der Waals surface area contributed by atoms with Crippen molar-refractivity contribution in [2.24, 2.45) is 0 Å². The van der Waals surface area contributed by atoms with E-state index in [1.54, 1.807) is 6.07 Å². The first-order valence-corrected chi connectivity index (χ1v) is 6.48. The molecular formula is C12H6BrFN2S. The van der Waals surface area contributed by atoms with Gasteiger partial charge >= 0.3 is 0 Å². The molecular weight excluding hydrogens is 303 g/mol. The third kappa shape index (κ3) is 1.96. The minimum atomic E-state index is -0.241.